The molecule has 1 N–H and O–H groups in total. The van der Waals surface area contributed by atoms with Crippen molar-refractivity contribution in [1.82, 2.24) is 4.98 Å². The number of aromatic nitrogens is 1. The molecule has 0 bridgehead atoms. The number of benzene rings is 3. The van der Waals surface area contributed by atoms with Crippen LogP contribution in [-0.4, -0.2) is 27.6 Å². The zero-order valence-corrected chi connectivity index (χ0v) is 19.5. The first-order chi connectivity index (χ1) is 15.8. The number of H-pyrrole nitrogens is 1. The largest absolute Gasteiger partial charge is 0.497 e. The quantitative estimate of drug-likeness (QED) is 0.414. The van der Waals surface area contributed by atoms with E-state index in [9.17, 15) is 13.2 Å². The number of anilines is 1. The fourth-order valence-electron chi connectivity index (χ4n) is 3.50. The topological polar surface area (TPSA) is 88.7 Å². The number of methoxy groups -OCH3 is 2. The molecule has 0 aliphatic heterocycles. The Morgan fingerprint density at radius 2 is 1.67 bits per heavy atom. The number of ether oxygens (including phenoxy) is 2. The highest BCUT2D eigenvalue weighted by Gasteiger charge is 2.28. The van der Waals surface area contributed by atoms with Crippen LogP contribution in [0.15, 0.2) is 82.5 Å². The first-order valence-electron chi connectivity index (χ1n) is 9.95. The van der Waals surface area contributed by atoms with Crippen LogP contribution in [0, 0.1) is 0 Å². The van der Waals surface area contributed by atoms with Crippen molar-refractivity contribution in [2.75, 3.05) is 18.5 Å². The summed E-state index contributed by atoms with van der Waals surface area (Å²) in [5.74, 6) is 0.977. The van der Waals surface area contributed by atoms with Crippen molar-refractivity contribution < 1.29 is 17.9 Å². The van der Waals surface area contributed by atoms with Crippen LogP contribution < -0.4 is 19.3 Å². The number of hydrogen-bond donors (Lipinski definition) is 1. The van der Waals surface area contributed by atoms with Gasteiger partial charge in [0.2, 0.25) is 0 Å². The number of nitrogens with zero attached hydrogens (tertiary/aromatic N) is 1. The van der Waals surface area contributed by atoms with Crippen molar-refractivity contribution in [1.29, 1.82) is 0 Å². The van der Waals surface area contributed by atoms with Gasteiger partial charge in [-0.2, -0.15) is 0 Å². The molecule has 0 unspecified atom stereocenters. The number of pyridine rings is 1. The molecule has 0 fully saturated rings. The number of para-hydroxylation sites is 2. The molecule has 0 amide bonds. The molecule has 3 aromatic carbocycles. The highest BCUT2D eigenvalue weighted by Crippen LogP contribution is 2.34. The van der Waals surface area contributed by atoms with Gasteiger partial charge in [-0.05, 0) is 60.7 Å². The predicted molar refractivity (Wildman–Crippen MR) is 129 cm³/mol. The van der Waals surface area contributed by atoms with Gasteiger partial charge in [-0.1, -0.05) is 23.7 Å². The van der Waals surface area contributed by atoms with E-state index in [0.717, 1.165) is 4.31 Å². The molecule has 0 radical (unpaired) electrons. The lowest BCUT2D eigenvalue weighted by atomic mass is 10.1. The summed E-state index contributed by atoms with van der Waals surface area (Å²) in [5.41, 5.74) is 0.798. The van der Waals surface area contributed by atoms with Crippen molar-refractivity contribution in [2.45, 2.75) is 11.4 Å². The maximum Gasteiger partial charge on any atom is 0.264 e. The molecule has 0 saturated carbocycles. The SMILES string of the molecule is COc1ccc2[nH]c(=O)c(CN(c3ccccc3OC)S(=O)(=O)c3ccc(Cl)cc3)cc2c1. The van der Waals surface area contributed by atoms with E-state index in [1.54, 1.807) is 55.6 Å². The molecule has 0 spiro atoms. The lowest BCUT2D eigenvalue weighted by molar-refractivity contribution is 0.415. The van der Waals surface area contributed by atoms with Crippen LogP contribution >= 0.6 is 11.6 Å². The summed E-state index contributed by atoms with van der Waals surface area (Å²) in [6.07, 6.45) is 0. The second kappa shape index (κ2) is 9.17. The molecule has 9 heteroatoms. The highest BCUT2D eigenvalue weighted by molar-refractivity contribution is 7.92. The number of sulfonamides is 1. The molecule has 1 heterocycles. The second-order valence-corrected chi connectivity index (χ2v) is 9.51. The fourth-order valence-corrected chi connectivity index (χ4v) is 5.08. The molecule has 33 heavy (non-hydrogen) atoms. The van der Waals surface area contributed by atoms with E-state index >= 15 is 0 Å². The fraction of sp³-hybridized carbons (Fsp3) is 0.125. The van der Waals surface area contributed by atoms with Gasteiger partial charge in [0.25, 0.3) is 15.6 Å². The Morgan fingerprint density at radius 3 is 2.36 bits per heavy atom. The van der Waals surface area contributed by atoms with Crippen LogP contribution in [0.25, 0.3) is 10.9 Å². The van der Waals surface area contributed by atoms with Crippen molar-refractivity contribution in [3.63, 3.8) is 0 Å². The third kappa shape index (κ3) is 4.53. The summed E-state index contributed by atoms with van der Waals surface area (Å²) in [7, 11) is -1.06. The Bertz CT molecular complexity index is 1470. The molecule has 0 aliphatic carbocycles. The Morgan fingerprint density at radius 1 is 0.939 bits per heavy atom. The number of hydrogen-bond acceptors (Lipinski definition) is 5. The van der Waals surface area contributed by atoms with E-state index < -0.39 is 10.0 Å². The van der Waals surface area contributed by atoms with Gasteiger partial charge < -0.3 is 14.5 Å². The van der Waals surface area contributed by atoms with Gasteiger partial charge >= 0.3 is 0 Å². The summed E-state index contributed by atoms with van der Waals surface area (Å²) in [6, 6.07) is 19.5. The summed E-state index contributed by atoms with van der Waals surface area (Å²) < 4.78 is 39.2. The monoisotopic (exact) mass is 484 g/mol. The minimum atomic E-state index is -4.07. The number of halogens is 1. The first kappa shape index (κ1) is 22.7. The molecule has 0 saturated heterocycles. The summed E-state index contributed by atoms with van der Waals surface area (Å²) in [6.45, 7) is -0.214. The lowest BCUT2D eigenvalue weighted by Crippen LogP contribution is -2.33. The minimum absolute atomic E-state index is 0.0386. The Labute approximate surface area is 196 Å². The third-order valence-corrected chi connectivity index (χ3v) is 7.22. The van der Waals surface area contributed by atoms with Gasteiger partial charge in [-0.15, -0.1) is 0 Å². The van der Waals surface area contributed by atoms with Gasteiger partial charge in [0.15, 0.2) is 0 Å². The lowest BCUT2D eigenvalue weighted by Gasteiger charge is -2.26. The molecule has 4 aromatic rings. The van der Waals surface area contributed by atoms with Crippen molar-refractivity contribution in [3.05, 3.63) is 93.7 Å². The standard InChI is InChI=1S/C24H21ClN2O5S/c1-31-19-9-12-21-16(14-19)13-17(24(28)26-21)15-27(22-5-3-4-6-23(22)32-2)33(29,30)20-10-7-18(25)8-11-20/h3-14H,15H2,1-2H3,(H,26,28). The van der Waals surface area contributed by atoms with E-state index in [-0.39, 0.29) is 22.6 Å². The Balaban J connectivity index is 1.88. The summed E-state index contributed by atoms with van der Waals surface area (Å²) >= 11 is 5.95. The number of rotatable bonds is 7. The minimum Gasteiger partial charge on any atom is -0.497 e. The van der Waals surface area contributed by atoms with Crippen LogP contribution in [0.3, 0.4) is 0 Å². The zero-order valence-electron chi connectivity index (χ0n) is 17.9. The van der Waals surface area contributed by atoms with Crippen LogP contribution in [0.4, 0.5) is 5.69 Å². The third-order valence-electron chi connectivity index (χ3n) is 5.20. The Hall–Kier alpha value is -3.49. The van der Waals surface area contributed by atoms with E-state index in [2.05, 4.69) is 4.98 Å². The smallest absolute Gasteiger partial charge is 0.264 e. The van der Waals surface area contributed by atoms with E-state index in [0.29, 0.717) is 33.1 Å². The van der Waals surface area contributed by atoms with Gasteiger partial charge in [0.1, 0.15) is 11.5 Å². The van der Waals surface area contributed by atoms with Gasteiger partial charge in [0.05, 0.1) is 31.3 Å². The molecular weight excluding hydrogens is 464 g/mol. The molecule has 4 rings (SSSR count). The normalized spacial score (nSPS) is 11.4. The summed E-state index contributed by atoms with van der Waals surface area (Å²) in [5, 5.41) is 1.13. The zero-order chi connectivity index (χ0) is 23.6. The molecule has 7 nitrogen and oxygen atoms in total. The van der Waals surface area contributed by atoms with E-state index in [4.69, 9.17) is 21.1 Å². The van der Waals surface area contributed by atoms with Crippen LogP contribution in [-0.2, 0) is 16.6 Å². The molecule has 170 valence electrons. The second-order valence-electron chi connectivity index (χ2n) is 7.21. The average Bonchev–Trinajstić information content (AvgIpc) is 2.82. The maximum atomic E-state index is 13.7. The van der Waals surface area contributed by atoms with Gasteiger partial charge in [-0.3, -0.25) is 9.10 Å². The summed E-state index contributed by atoms with van der Waals surface area (Å²) in [4.78, 5) is 15.7. The van der Waals surface area contributed by atoms with Crippen LogP contribution in [0.2, 0.25) is 5.02 Å². The van der Waals surface area contributed by atoms with Crippen molar-refractivity contribution in [2.24, 2.45) is 0 Å². The van der Waals surface area contributed by atoms with Gasteiger partial charge in [-0.25, -0.2) is 8.42 Å². The number of aromatic amines is 1. The van der Waals surface area contributed by atoms with E-state index in [1.165, 1.54) is 31.4 Å². The molecule has 0 atom stereocenters. The molecule has 0 aliphatic rings. The maximum absolute atomic E-state index is 13.7. The Kier molecular flexibility index (Phi) is 6.31. The highest BCUT2D eigenvalue weighted by atomic mass is 35.5. The van der Waals surface area contributed by atoms with Crippen molar-refractivity contribution >= 4 is 38.2 Å². The van der Waals surface area contributed by atoms with Crippen molar-refractivity contribution in [3.8, 4) is 11.5 Å². The van der Waals surface area contributed by atoms with Crippen LogP contribution in [0.5, 0.6) is 11.5 Å². The molecule has 1 aromatic heterocycles. The predicted octanol–water partition coefficient (Wildman–Crippen LogP) is 4.59. The van der Waals surface area contributed by atoms with Crippen LogP contribution in [0.1, 0.15) is 5.56 Å². The van der Waals surface area contributed by atoms with E-state index in [1.807, 2.05) is 0 Å². The molecular formula is C24H21ClN2O5S. The first-order valence-corrected chi connectivity index (χ1v) is 11.8. The number of nitrogens with one attached hydrogen (secondary N) is 1. The average molecular weight is 485 g/mol. The number of fused-ring (bicyclic) bond motifs is 1. The van der Waals surface area contributed by atoms with Gasteiger partial charge in [0, 0.05) is 21.5 Å².